The van der Waals surface area contributed by atoms with E-state index in [2.05, 4.69) is 25.1 Å². The predicted octanol–water partition coefficient (Wildman–Crippen LogP) is 2.67. The maximum Gasteiger partial charge on any atom is 0.122 e. The van der Waals surface area contributed by atoms with E-state index in [9.17, 15) is 0 Å². The van der Waals surface area contributed by atoms with Gasteiger partial charge in [-0.25, -0.2) is 0 Å². The van der Waals surface area contributed by atoms with Crippen LogP contribution >= 0.6 is 11.8 Å². The summed E-state index contributed by atoms with van der Waals surface area (Å²) in [6, 6.07) is 6.54. The van der Waals surface area contributed by atoms with Crippen molar-refractivity contribution in [2.24, 2.45) is 0 Å². The van der Waals surface area contributed by atoms with E-state index in [1.165, 1.54) is 11.1 Å². The molecule has 1 aromatic carbocycles. The number of fused-ring (bicyclic) bond motifs is 1. The highest BCUT2D eigenvalue weighted by molar-refractivity contribution is 7.99. The summed E-state index contributed by atoms with van der Waals surface area (Å²) >= 11 is 1.94. The molecule has 0 spiro atoms. The Morgan fingerprint density at radius 3 is 3.18 bits per heavy atom. The lowest BCUT2D eigenvalue weighted by atomic mass is 10.1. The number of aryl methyl sites for hydroxylation is 1. The molecule has 1 N–H and O–H groups in total. The molecular weight excluding hydrogens is 232 g/mol. The first-order valence-corrected chi connectivity index (χ1v) is 7.31. The lowest BCUT2D eigenvalue weighted by Crippen LogP contribution is -2.01. The first-order valence-electron chi connectivity index (χ1n) is 6.26. The Balaban J connectivity index is 1.79. The van der Waals surface area contributed by atoms with Gasteiger partial charge in [0.1, 0.15) is 5.75 Å². The molecule has 1 heterocycles. The summed E-state index contributed by atoms with van der Waals surface area (Å²) in [6.07, 6.45) is 3.05. The number of aliphatic hydroxyl groups excluding tert-OH is 1. The average molecular weight is 252 g/mol. The molecular formula is C14H20O2S. The van der Waals surface area contributed by atoms with Crippen LogP contribution in [-0.4, -0.2) is 29.3 Å². The molecule has 17 heavy (non-hydrogen) atoms. The summed E-state index contributed by atoms with van der Waals surface area (Å²) in [6.45, 7) is 3.31. The van der Waals surface area contributed by atoms with Gasteiger partial charge in [-0.05, 0) is 35.8 Å². The highest BCUT2D eigenvalue weighted by Gasteiger charge is 2.11. The minimum absolute atomic E-state index is 0.296. The van der Waals surface area contributed by atoms with E-state index in [1.54, 1.807) is 0 Å². The molecule has 0 saturated heterocycles. The lowest BCUT2D eigenvalue weighted by molar-refractivity contribution is 0.289. The van der Waals surface area contributed by atoms with Gasteiger partial charge in [-0.2, -0.15) is 11.8 Å². The van der Waals surface area contributed by atoms with E-state index in [0.717, 1.165) is 37.4 Å². The molecule has 94 valence electrons. The summed E-state index contributed by atoms with van der Waals surface area (Å²) in [5, 5.41) is 9.39. The summed E-state index contributed by atoms with van der Waals surface area (Å²) in [7, 11) is 0. The van der Waals surface area contributed by atoms with E-state index < -0.39 is 0 Å². The Labute approximate surface area is 107 Å². The van der Waals surface area contributed by atoms with Gasteiger partial charge in [-0.3, -0.25) is 0 Å². The average Bonchev–Trinajstić information content (AvgIpc) is 2.76. The topological polar surface area (TPSA) is 29.5 Å². The fourth-order valence-corrected chi connectivity index (χ4v) is 3.07. The zero-order chi connectivity index (χ0) is 12.1. The number of aliphatic hydroxyl groups is 1. The molecule has 0 bridgehead atoms. The smallest absolute Gasteiger partial charge is 0.122 e. The highest BCUT2D eigenvalue weighted by atomic mass is 32.2. The van der Waals surface area contributed by atoms with E-state index in [1.807, 2.05) is 11.8 Å². The quantitative estimate of drug-likeness (QED) is 0.844. The fraction of sp³-hybridized carbons (Fsp3) is 0.571. The number of hydrogen-bond acceptors (Lipinski definition) is 3. The minimum atomic E-state index is 0.296. The van der Waals surface area contributed by atoms with Crippen LogP contribution in [-0.2, 0) is 12.8 Å². The third-order valence-electron chi connectivity index (χ3n) is 3.08. The fourth-order valence-electron chi connectivity index (χ4n) is 2.04. The number of thioether (sulfide) groups is 1. The van der Waals surface area contributed by atoms with Crippen molar-refractivity contribution in [1.82, 2.24) is 0 Å². The lowest BCUT2D eigenvalue weighted by Gasteiger charge is -2.09. The van der Waals surface area contributed by atoms with Crippen molar-refractivity contribution in [2.75, 3.05) is 19.0 Å². The van der Waals surface area contributed by atoms with Crippen LogP contribution in [0.25, 0.3) is 0 Å². The van der Waals surface area contributed by atoms with Crippen molar-refractivity contribution in [3.8, 4) is 5.75 Å². The number of ether oxygens (including phenoxy) is 1. The van der Waals surface area contributed by atoms with Crippen LogP contribution in [0.3, 0.4) is 0 Å². The maximum atomic E-state index is 8.83. The van der Waals surface area contributed by atoms with Gasteiger partial charge in [0.05, 0.1) is 6.61 Å². The first kappa shape index (κ1) is 12.8. The van der Waals surface area contributed by atoms with Gasteiger partial charge >= 0.3 is 0 Å². The molecule has 1 atom stereocenters. The largest absolute Gasteiger partial charge is 0.493 e. The van der Waals surface area contributed by atoms with Gasteiger partial charge in [0.15, 0.2) is 0 Å². The molecule has 0 aromatic heterocycles. The summed E-state index contributed by atoms with van der Waals surface area (Å²) in [4.78, 5) is 0. The molecule has 1 aromatic rings. The molecule has 0 aliphatic carbocycles. The second kappa shape index (κ2) is 6.31. The second-order valence-electron chi connectivity index (χ2n) is 4.48. The first-order chi connectivity index (χ1) is 8.29. The standard InChI is InChI=1S/C14H20O2S/c1-11(4-7-15)17-9-6-12-2-3-14-13(10-12)5-8-16-14/h2-3,10-11,15H,4-9H2,1H3. The summed E-state index contributed by atoms with van der Waals surface area (Å²) < 4.78 is 5.50. The molecule has 1 unspecified atom stereocenters. The maximum absolute atomic E-state index is 8.83. The zero-order valence-corrected chi connectivity index (χ0v) is 11.1. The van der Waals surface area contributed by atoms with Crippen LogP contribution in [0.15, 0.2) is 18.2 Å². The Morgan fingerprint density at radius 1 is 1.47 bits per heavy atom. The molecule has 0 radical (unpaired) electrons. The molecule has 0 fully saturated rings. The summed E-state index contributed by atoms with van der Waals surface area (Å²) in [5.74, 6) is 2.19. The Hall–Kier alpha value is -0.670. The Kier molecular flexibility index (Phi) is 4.75. The molecule has 2 nitrogen and oxygen atoms in total. The normalized spacial score (nSPS) is 15.4. The minimum Gasteiger partial charge on any atom is -0.493 e. The van der Waals surface area contributed by atoms with E-state index in [-0.39, 0.29) is 0 Å². The van der Waals surface area contributed by atoms with Gasteiger partial charge < -0.3 is 9.84 Å². The molecule has 1 aliphatic heterocycles. The van der Waals surface area contributed by atoms with E-state index in [0.29, 0.717) is 11.9 Å². The predicted molar refractivity (Wildman–Crippen MR) is 73.0 cm³/mol. The van der Waals surface area contributed by atoms with Gasteiger partial charge in [-0.15, -0.1) is 0 Å². The number of rotatable bonds is 6. The van der Waals surface area contributed by atoms with Crippen molar-refractivity contribution >= 4 is 11.8 Å². The van der Waals surface area contributed by atoms with Crippen molar-refractivity contribution in [2.45, 2.75) is 31.4 Å². The zero-order valence-electron chi connectivity index (χ0n) is 10.3. The molecule has 2 rings (SSSR count). The number of hydrogen-bond donors (Lipinski definition) is 1. The molecule has 0 saturated carbocycles. The Morgan fingerprint density at radius 2 is 2.35 bits per heavy atom. The third-order valence-corrected chi connectivity index (χ3v) is 4.33. The van der Waals surface area contributed by atoms with Crippen LogP contribution in [0.2, 0.25) is 0 Å². The van der Waals surface area contributed by atoms with Crippen LogP contribution in [0, 0.1) is 0 Å². The van der Waals surface area contributed by atoms with E-state index >= 15 is 0 Å². The van der Waals surface area contributed by atoms with Crippen LogP contribution in [0.4, 0.5) is 0 Å². The number of benzene rings is 1. The van der Waals surface area contributed by atoms with Gasteiger partial charge in [0, 0.05) is 18.3 Å². The van der Waals surface area contributed by atoms with Crippen LogP contribution in [0.1, 0.15) is 24.5 Å². The third kappa shape index (κ3) is 3.65. The van der Waals surface area contributed by atoms with Crippen molar-refractivity contribution < 1.29 is 9.84 Å². The Bertz CT molecular complexity index is 365. The highest BCUT2D eigenvalue weighted by Crippen LogP contribution is 2.26. The molecule has 3 heteroatoms. The van der Waals surface area contributed by atoms with Gasteiger partial charge in [0.2, 0.25) is 0 Å². The second-order valence-corrected chi connectivity index (χ2v) is 6.03. The van der Waals surface area contributed by atoms with Crippen LogP contribution in [0.5, 0.6) is 5.75 Å². The molecule has 0 amide bonds. The van der Waals surface area contributed by atoms with Crippen molar-refractivity contribution in [1.29, 1.82) is 0 Å². The van der Waals surface area contributed by atoms with Crippen molar-refractivity contribution in [3.63, 3.8) is 0 Å². The van der Waals surface area contributed by atoms with Gasteiger partial charge in [-0.1, -0.05) is 19.1 Å². The van der Waals surface area contributed by atoms with Gasteiger partial charge in [0.25, 0.3) is 0 Å². The summed E-state index contributed by atoms with van der Waals surface area (Å²) in [5.41, 5.74) is 2.76. The molecule has 1 aliphatic rings. The van der Waals surface area contributed by atoms with E-state index in [4.69, 9.17) is 9.84 Å². The SMILES string of the molecule is CC(CCO)SCCc1ccc2c(c1)CCO2. The van der Waals surface area contributed by atoms with Crippen molar-refractivity contribution in [3.05, 3.63) is 29.3 Å². The monoisotopic (exact) mass is 252 g/mol. The van der Waals surface area contributed by atoms with Crippen LogP contribution < -0.4 is 4.74 Å².